The van der Waals surface area contributed by atoms with E-state index in [-0.39, 0.29) is 0 Å². The van der Waals surface area contributed by atoms with E-state index in [2.05, 4.69) is 0 Å². The van der Waals surface area contributed by atoms with Crippen molar-refractivity contribution in [1.29, 1.82) is 0 Å². The fraction of sp³-hybridized carbons (Fsp3) is 0.118. The molecule has 0 saturated heterocycles. The van der Waals surface area contributed by atoms with E-state index in [9.17, 15) is 9.90 Å². The molecule has 0 saturated carbocycles. The molecule has 0 bridgehead atoms. The number of nitrogens with zero attached hydrogens (tertiary/aromatic N) is 1. The summed E-state index contributed by atoms with van der Waals surface area (Å²) in [5.74, 6) is -0.255. The summed E-state index contributed by atoms with van der Waals surface area (Å²) in [6, 6.07) is 14.3. The van der Waals surface area contributed by atoms with Gasteiger partial charge in [0.05, 0.1) is 11.3 Å². The van der Waals surface area contributed by atoms with Crippen LogP contribution in [0.1, 0.15) is 16.1 Å². The first-order valence-electron chi connectivity index (χ1n) is 6.75. The molecule has 4 nitrogen and oxygen atoms in total. The number of carboxylic acids is 1. The summed E-state index contributed by atoms with van der Waals surface area (Å²) < 4.78 is 7.67. The standard InChI is InChI=1S/C17H14ClNO3/c1-19-12(10-22-13-5-2-4-11(18)8-13)9-15-14(17(20)21)6-3-7-16(15)19/h2-9H,10H2,1H3,(H,20,21). The molecule has 0 unspecified atom stereocenters. The molecule has 0 fully saturated rings. The molecule has 0 amide bonds. The highest BCUT2D eigenvalue weighted by Gasteiger charge is 2.13. The molecule has 1 N–H and O–H groups in total. The van der Waals surface area contributed by atoms with Gasteiger partial charge in [0, 0.05) is 23.0 Å². The van der Waals surface area contributed by atoms with E-state index < -0.39 is 5.97 Å². The van der Waals surface area contributed by atoms with Crippen LogP contribution in [0.15, 0.2) is 48.5 Å². The van der Waals surface area contributed by atoms with E-state index in [0.717, 1.165) is 11.2 Å². The van der Waals surface area contributed by atoms with Crippen LogP contribution < -0.4 is 4.74 Å². The minimum absolute atomic E-state index is 0.294. The lowest BCUT2D eigenvalue weighted by Gasteiger charge is -2.07. The third-order valence-corrected chi connectivity index (χ3v) is 3.83. The van der Waals surface area contributed by atoms with Crippen LogP contribution in [-0.2, 0) is 13.7 Å². The Balaban J connectivity index is 1.93. The second kappa shape index (κ2) is 5.73. The Bertz CT molecular complexity index is 854. The van der Waals surface area contributed by atoms with E-state index >= 15 is 0 Å². The first-order chi connectivity index (χ1) is 10.6. The number of aryl methyl sites for hydroxylation is 1. The number of aromatic nitrogens is 1. The lowest BCUT2D eigenvalue weighted by Crippen LogP contribution is -2.01. The molecule has 112 valence electrons. The number of hydrogen-bond acceptors (Lipinski definition) is 2. The Hall–Kier alpha value is -2.46. The fourth-order valence-electron chi connectivity index (χ4n) is 2.45. The average molecular weight is 316 g/mol. The molecule has 0 aliphatic heterocycles. The summed E-state index contributed by atoms with van der Waals surface area (Å²) >= 11 is 5.93. The van der Waals surface area contributed by atoms with Crippen molar-refractivity contribution in [3.05, 3.63) is 64.8 Å². The van der Waals surface area contributed by atoms with E-state index in [1.807, 2.05) is 35.9 Å². The predicted octanol–water partition coefficient (Wildman–Crippen LogP) is 4.11. The molecule has 1 heterocycles. The minimum Gasteiger partial charge on any atom is -0.487 e. The first-order valence-corrected chi connectivity index (χ1v) is 7.13. The number of rotatable bonds is 4. The van der Waals surface area contributed by atoms with Gasteiger partial charge in [0.15, 0.2) is 0 Å². The van der Waals surface area contributed by atoms with Gasteiger partial charge in [-0.05, 0) is 36.4 Å². The third-order valence-electron chi connectivity index (χ3n) is 3.60. The first kappa shape index (κ1) is 14.5. The maximum absolute atomic E-state index is 11.3. The van der Waals surface area contributed by atoms with Crippen molar-refractivity contribution < 1.29 is 14.6 Å². The summed E-state index contributed by atoms with van der Waals surface area (Å²) in [6.45, 7) is 0.338. The van der Waals surface area contributed by atoms with Crippen molar-refractivity contribution in [2.45, 2.75) is 6.61 Å². The zero-order chi connectivity index (χ0) is 15.7. The van der Waals surface area contributed by atoms with Crippen LogP contribution in [-0.4, -0.2) is 15.6 Å². The van der Waals surface area contributed by atoms with Gasteiger partial charge in [0.1, 0.15) is 12.4 Å². The van der Waals surface area contributed by atoms with Crippen molar-refractivity contribution in [1.82, 2.24) is 4.57 Å². The maximum atomic E-state index is 11.3. The lowest BCUT2D eigenvalue weighted by atomic mass is 10.1. The zero-order valence-electron chi connectivity index (χ0n) is 11.9. The van der Waals surface area contributed by atoms with Crippen molar-refractivity contribution in [3.8, 4) is 5.75 Å². The largest absolute Gasteiger partial charge is 0.487 e. The Morgan fingerprint density at radius 3 is 2.73 bits per heavy atom. The molecule has 22 heavy (non-hydrogen) atoms. The van der Waals surface area contributed by atoms with Crippen LogP contribution >= 0.6 is 11.6 Å². The van der Waals surface area contributed by atoms with Gasteiger partial charge in [0.2, 0.25) is 0 Å². The number of fused-ring (bicyclic) bond motifs is 1. The van der Waals surface area contributed by atoms with Crippen LogP contribution in [0.2, 0.25) is 5.02 Å². The highest BCUT2D eigenvalue weighted by molar-refractivity contribution is 6.30. The number of carboxylic acid groups (broad SMARTS) is 1. The highest BCUT2D eigenvalue weighted by atomic mass is 35.5. The number of hydrogen-bond donors (Lipinski definition) is 1. The molecule has 0 radical (unpaired) electrons. The minimum atomic E-state index is -0.932. The molecular weight excluding hydrogens is 302 g/mol. The Kier molecular flexibility index (Phi) is 3.77. The SMILES string of the molecule is Cn1c(COc2cccc(Cl)c2)cc2c(C(=O)O)cccc21. The van der Waals surface area contributed by atoms with E-state index in [4.69, 9.17) is 16.3 Å². The van der Waals surface area contributed by atoms with Gasteiger partial charge in [-0.3, -0.25) is 0 Å². The molecule has 1 aromatic heterocycles. The van der Waals surface area contributed by atoms with E-state index in [0.29, 0.717) is 28.3 Å². The van der Waals surface area contributed by atoms with Gasteiger partial charge in [0.25, 0.3) is 0 Å². The summed E-state index contributed by atoms with van der Waals surface area (Å²) in [5.41, 5.74) is 2.05. The van der Waals surface area contributed by atoms with Crippen molar-refractivity contribution in [2.24, 2.45) is 7.05 Å². The van der Waals surface area contributed by atoms with Crippen LogP contribution in [0.3, 0.4) is 0 Å². The fourth-order valence-corrected chi connectivity index (χ4v) is 2.63. The molecule has 5 heteroatoms. The van der Waals surface area contributed by atoms with E-state index in [1.54, 1.807) is 24.3 Å². The van der Waals surface area contributed by atoms with Crippen molar-refractivity contribution >= 4 is 28.5 Å². The number of halogens is 1. The van der Waals surface area contributed by atoms with E-state index in [1.165, 1.54) is 0 Å². The van der Waals surface area contributed by atoms with Crippen molar-refractivity contribution in [2.75, 3.05) is 0 Å². The Morgan fingerprint density at radius 2 is 2.00 bits per heavy atom. The Labute approximate surface area is 132 Å². The molecule has 3 aromatic rings. The quantitative estimate of drug-likeness (QED) is 0.788. The molecule has 3 rings (SSSR count). The van der Waals surface area contributed by atoms with Crippen LogP contribution in [0.25, 0.3) is 10.9 Å². The molecule has 2 aromatic carbocycles. The second-order valence-corrected chi connectivity index (χ2v) is 5.42. The molecular formula is C17H14ClNO3. The molecule has 0 aliphatic carbocycles. The zero-order valence-corrected chi connectivity index (χ0v) is 12.7. The molecule has 0 atom stereocenters. The lowest BCUT2D eigenvalue weighted by molar-refractivity contribution is 0.0699. The summed E-state index contributed by atoms with van der Waals surface area (Å²) in [5, 5.41) is 10.6. The maximum Gasteiger partial charge on any atom is 0.336 e. The smallest absolute Gasteiger partial charge is 0.336 e. The third kappa shape index (κ3) is 2.65. The van der Waals surface area contributed by atoms with Gasteiger partial charge in [-0.15, -0.1) is 0 Å². The normalized spacial score (nSPS) is 10.8. The van der Waals surface area contributed by atoms with Gasteiger partial charge in [-0.2, -0.15) is 0 Å². The van der Waals surface area contributed by atoms with Gasteiger partial charge in [-0.25, -0.2) is 4.79 Å². The van der Waals surface area contributed by atoms with Crippen LogP contribution in [0, 0.1) is 0 Å². The highest BCUT2D eigenvalue weighted by Crippen LogP contribution is 2.24. The summed E-state index contributed by atoms with van der Waals surface area (Å²) in [4.78, 5) is 11.3. The number of benzene rings is 2. The van der Waals surface area contributed by atoms with Gasteiger partial charge < -0.3 is 14.4 Å². The second-order valence-electron chi connectivity index (χ2n) is 4.98. The van der Waals surface area contributed by atoms with Crippen molar-refractivity contribution in [3.63, 3.8) is 0 Å². The van der Waals surface area contributed by atoms with Crippen LogP contribution in [0.4, 0.5) is 0 Å². The number of carbonyl (C=O) groups is 1. The summed E-state index contributed by atoms with van der Waals surface area (Å²) in [6.07, 6.45) is 0. The van der Waals surface area contributed by atoms with Gasteiger partial charge >= 0.3 is 5.97 Å². The molecule has 0 spiro atoms. The number of ether oxygens (including phenoxy) is 1. The topological polar surface area (TPSA) is 51.5 Å². The molecule has 0 aliphatic rings. The van der Waals surface area contributed by atoms with Crippen LogP contribution in [0.5, 0.6) is 5.75 Å². The Morgan fingerprint density at radius 1 is 1.23 bits per heavy atom. The predicted molar refractivity (Wildman–Crippen MR) is 85.7 cm³/mol. The van der Waals surface area contributed by atoms with Gasteiger partial charge in [-0.1, -0.05) is 23.7 Å². The number of aromatic carboxylic acids is 1. The monoisotopic (exact) mass is 315 g/mol. The average Bonchev–Trinajstić information content (AvgIpc) is 2.82. The summed E-state index contributed by atoms with van der Waals surface area (Å²) in [7, 11) is 1.89.